The maximum Gasteiger partial charge on any atom is 0.341 e. The molecule has 94 valence electrons. The largest absolute Gasteiger partial charge is 0.477 e. The van der Waals surface area contributed by atoms with Gasteiger partial charge in [-0.15, -0.1) is 0 Å². The minimum absolute atomic E-state index is 0.0453. The summed E-state index contributed by atoms with van der Waals surface area (Å²) >= 11 is 0. The van der Waals surface area contributed by atoms with Crippen LogP contribution in [-0.4, -0.2) is 44.5 Å². The highest BCUT2D eigenvalue weighted by molar-refractivity contribution is 6.01. The summed E-state index contributed by atoms with van der Waals surface area (Å²) in [6, 6.07) is -1.10. The van der Waals surface area contributed by atoms with Gasteiger partial charge in [-0.25, -0.2) is 4.79 Å². The Morgan fingerprint density at radius 3 is 2.65 bits per heavy atom. The quantitative estimate of drug-likeness (QED) is 0.518. The van der Waals surface area contributed by atoms with Crippen molar-refractivity contribution in [2.75, 3.05) is 11.9 Å². The zero-order valence-electron chi connectivity index (χ0n) is 9.47. The van der Waals surface area contributed by atoms with E-state index in [0.29, 0.717) is 0 Å². The number of aliphatic hydroxyl groups excluding tert-OH is 1. The first kappa shape index (κ1) is 13.1. The van der Waals surface area contributed by atoms with Crippen LogP contribution in [0.25, 0.3) is 0 Å². The molecule has 0 spiro atoms. The van der Waals surface area contributed by atoms with Crippen molar-refractivity contribution >= 4 is 17.7 Å². The van der Waals surface area contributed by atoms with Crippen LogP contribution in [0.4, 0.5) is 5.82 Å². The number of carboxylic acid groups (broad SMARTS) is 1. The van der Waals surface area contributed by atoms with E-state index in [1.54, 1.807) is 0 Å². The zero-order valence-corrected chi connectivity index (χ0v) is 9.47. The maximum absolute atomic E-state index is 11.4. The normalized spacial score (nSPS) is 12.2. The summed E-state index contributed by atoms with van der Waals surface area (Å²) in [5, 5.41) is 23.9. The van der Waals surface area contributed by atoms with Crippen molar-refractivity contribution in [1.82, 2.24) is 9.78 Å². The smallest absolute Gasteiger partial charge is 0.341 e. The Labute approximate surface area is 97.0 Å². The van der Waals surface area contributed by atoms with Crippen molar-refractivity contribution < 1.29 is 19.8 Å². The number of aryl methyl sites for hydroxylation is 2. The van der Waals surface area contributed by atoms with Crippen molar-refractivity contribution in [3.05, 3.63) is 11.3 Å². The Kier molecular flexibility index (Phi) is 3.81. The lowest BCUT2D eigenvalue weighted by Crippen LogP contribution is -2.39. The van der Waals surface area contributed by atoms with Crippen LogP contribution >= 0.6 is 0 Å². The SMILES string of the molecule is Cc1nn(C)c(NC(=O)C(N)CO)c1C(=O)O. The highest BCUT2D eigenvalue weighted by atomic mass is 16.4. The third-order valence-electron chi connectivity index (χ3n) is 2.21. The molecule has 1 aromatic rings. The highest BCUT2D eigenvalue weighted by Crippen LogP contribution is 2.18. The number of anilines is 1. The fourth-order valence-electron chi connectivity index (χ4n) is 1.35. The van der Waals surface area contributed by atoms with E-state index in [1.807, 2.05) is 0 Å². The van der Waals surface area contributed by atoms with Crippen LogP contribution in [0.1, 0.15) is 16.1 Å². The number of rotatable bonds is 4. The molecule has 0 fully saturated rings. The van der Waals surface area contributed by atoms with E-state index < -0.39 is 24.5 Å². The number of amides is 1. The van der Waals surface area contributed by atoms with Gasteiger partial charge in [0, 0.05) is 7.05 Å². The van der Waals surface area contributed by atoms with E-state index in [9.17, 15) is 9.59 Å². The number of aromatic carboxylic acids is 1. The molecule has 0 saturated heterocycles. The van der Waals surface area contributed by atoms with Gasteiger partial charge in [-0.05, 0) is 6.92 Å². The molecular weight excluding hydrogens is 228 g/mol. The summed E-state index contributed by atoms with van der Waals surface area (Å²) < 4.78 is 1.24. The highest BCUT2D eigenvalue weighted by Gasteiger charge is 2.22. The van der Waals surface area contributed by atoms with E-state index >= 15 is 0 Å². The summed E-state index contributed by atoms with van der Waals surface area (Å²) in [7, 11) is 1.50. The number of carbonyl (C=O) groups is 2. The minimum atomic E-state index is -1.19. The van der Waals surface area contributed by atoms with E-state index in [2.05, 4.69) is 10.4 Å². The van der Waals surface area contributed by atoms with Gasteiger partial charge in [0.1, 0.15) is 17.4 Å². The molecule has 0 aliphatic rings. The number of nitrogens with zero attached hydrogens (tertiary/aromatic N) is 2. The Hall–Kier alpha value is -1.93. The molecule has 0 bridgehead atoms. The number of nitrogens with one attached hydrogen (secondary N) is 1. The average molecular weight is 242 g/mol. The molecule has 5 N–H and O–H groups in total. The molecule has 0 aliphatic heterocycles. The standard InChI is InChI=1S/C9H14N4O4/c1-4-6(9(16)17)7(13(2)12-4)11-8(15)5(10)3-14/h5,14H,3,10H2,1-2H3,(H,11,15)(H,16,17). The summed E-state index contributed by atoms with van der Waals surface area (Å²) in [6.45, 7) is 0.996. The van der Waals surface area contributed by atoms with Gasteiger partial charge < -0.3 is 21.3 Å². The second-order valence-electron chi connectivity index (χ2n) is 3.52. The lowest BCUT2D eigenvalue weighted by Gasteiger charge is -2.10. The maximum atomic E-state index is 11.4. The molecule has 1 heterocycles. The topological polar surface area (TPSA) is 130 Å². The van der Waals surface area contributed by atoms with Gasteiger partial charge in [-0.3, -0.25) is 9.48 Å². The van der Waals surface area contributed by atoms with Gasteiger partial charge in [0.05, 0.1) is 12.3 Å². The predicted octanol–water partition coefficient (Wildman–Crippen LogP) is -1.32. The Morgan fingerprint density at radius 2 is 2.18 bits per heavy atom. The summed E-state index contributed by atoms with van der Waals surface area (Å²) in [5.74, 6) is -1.81. The molecular formula is C9H14N4O4. The van der Waals surface area contributed by atoms with E-state index in [-0.39, 0.29) is 17.1 Å². The first-order chi connectivity index (χ1) is 7.88. The Morgan fingerprint density at radius 1 is 1.59 bits per heavy atom. The van der Waals surface area contributed by atoms with Crippen LogP contribution in [0.3, 0.4) is 0 Å². The second kappa shape index (κ2) is 4.93. The molecule has 1 atom stereocenters. The molecule has 1 aromatic heterocycles. The number of carbonyl (C=O) groups excluding carboxylic acids is 1. The molecule has 0 aromatic carbocycles. The molecule has 8 nitrogen and oxygen atoms in total. The zero-order chi connectivity index (χ0) is 13.2. The summed E-state index contributed by atoms with van der Waals surface area (Å²) in [6.07, 6.45) is 0. The van der Waals surface area contributed by atoms with Gasteiger partial charge in [0.25, 0.3) is 0 Å². The number of aromatic nitrogens is 2. The Bertz CT molecular complexity index is 454. The van der Waals surface area contributed by atoms with E-state index in [0.717, 1.165) is 0 Å². The van der Waals surface area contributed by atoms with Crippen LogP contribution < -0.4 is 11.1 Å². The van der Waals surface area contributed by atoms with E-state index in [4.69, 9.17) is 15.9 Å². The van der Waals surface area contributed by atoms with Crippen molar-refractivity contribution in [2.45, 2.75) is 13.0 Å². The van der Waals surface area contributed by atoms with Crippen LogP contribution in [0.5, 0.6) is 0 Å². The number of hydrogen-bond donors (Lipinski definition) is 4. The number of hydrogen-bond acceptors (Lipinski definition) is 5. The molecule has 1 rings (SSSR count). The third-order valence-corrected chi connectivity index (χ3v) is 2.21. The fourth-order valence-corrected chi connectivity index (χ4v) is 1.35. The predicted molar refractivity (Wildman–Crippen MR) is 58.6 cm³/mol. The monoisotopic (exact) mass is 242 g/mol. The van der Waals surface area contributed by atoms with Gasteiger partial charge in [-0.1, -0.05) is 0 Å². The van der Waals surface area contributed by atoms with Crippen LogP contribution in [0.15, 0.2) is 0 Å². The molecule has 0 saturated carbocycles. The average Bonchev–Trinajstić information content (AvgIpc) is 2.52. The first-order valence-corrected chi connectivity index (χ1v) is 4.82. The van der Waals surface area contributed by atoms with Crippen molar-refractivity contribution in [3.63, 3.8) is 0 Å². The molecule has 1 unspecified atom stereocenters. The first-order valence-electron chi connectivity index (χ1n) is 4.82. The minimum Gasteiger partial charge on any atom is -0.477 e. The van der Waals surface area contributed by atoms with Crippen molar-refractivity contribution in [3.8, 4) is 0 Å². The molecule has 8 heteroatoms. The lowest BCUT2D eigenvalue weighted by atomic mass is 10.2. The van der Waals surface area contributed by atoms with Gasteiger partial charge in [0.2, 0.25) is 5.91 Å². The summed E-state index contributed by atoms with van der Waals surface area (Å²) in [4.78, 5) is 22.4. The summed E-state index contributed by atoms with van der Waals surface area (Å²) in [5.41, 5.74) is 5.50. The molecule has 17 heavy (non-hydrogen) atoms. The number of aliphatic hydroxyl groups is 1. The molecule has 0 radical (unpaired) electrons. The Balaban J connectivity index is 3.06. The van der Waals surface area contributed by atoms with Crippen LogP contribution in [0.2, 0.25) is 0 Å². The van der Waals surface area contributed by atoms with Gasteiger partial charge in [-0.2, -0.15) is 5.10 Å². The van der Waals surface area contributed by atoms with Crippen LogP contribution in [-0.2, 0) is 11.8 Å². The third kappa shape index (κ3) is 2.60. The van der Waals surface area contributed by atoms with Crippen molar-refractivity contribution in [1.29, 1.82) is 0 Å². The van der Waals surface area contributed by atoms with E-state index in [1.165, 1.54) is 18.7 Å². The molecule has 1 amide bonds. The number of carboxylic acids is 1. The lowest BCUT2D eigenvalue weighted by molar-refractivity contribution is -0.118. The molecule has 0 aliphatic carbocycles. The van der Waals surface area contributed by atoms with Crippen LogP contribution in [0, 0.1) is 6.92 Å². The van der Waals surface area contributed by atoms with Crippen molar-refractivity contribution in [2.24, 2.45) is 12.8 Å². The fraction of sp³-hybridized carbons (Fsp3) is 0.444. The number of nitrogens with two attached hydrogens (primary N) is 1. The van der Waals surface area contributed by atoms with Gasteiger partial charge in [0.15, 0.2) is 0 Å². The van der Waals surface area contributed by atoms with Gasteiger partial charge >= 0.3 is 5.97 Å². The second-order valence-corrected chi connectivity index (χ2v) is 3.52.